The first-order valence-electron chi connectivity index (χ1n) is 7.71. The first-order chi connectivity index (χ1) is 11.7. The van der Waals surface area contributed by atoms with Crippen LogP contribution in [0.2, 0.25) is 0 Å². The number of nitrogens with zero attached hydrogens (tertiary/aromatic N) is 2. The normalized spacial score (nSPS) is 11.1. The summed E-state index contributed by atoms with van der Waals surface area (Å²) in [5.41, 5.74) is 3.01. The number of hydrogen-bond acceptors (Lipinski definition) is 5. The highest BCUT2D eigenvalue weighted by Crippen LogP contribution is 2.32. The fourth-order valence-corrected chi connectivity index (χ4v) is 2.62. The molecule has 0 aliphatic heterocycles. The van der Waals surface area contributed by atoms with Crippen LogP contribution in [0, 0.1) is 13.8 Å². The van der Waals surface area contributed by atoms with Crippen LogP contribution in [0.4, 0.5) is 0 Å². The standard InChI is InChI=1S/C19H16N2O3/c1-12-8-9-16-15(10-12)13(2)18(23-16)19-20-17(24-21-19)11-22-14-6-4-3-5-7-14/h3-10H,11H2,1-2H3. The fourth-order valence-electron chi connectivity index (χ4n) is 2.62. The Morgan fingerprint density at radius 1 is 1.04 bits per heavy atom. The molecule has 2 heterocycles. The summed E-state index contributed by atoms with van der Waals surface area (Å²) in [7, 11) is 0. The zero-order valence-electron chi connectivity index (χ0n) is 13.4. The van der Waals surface area contributed by atoms with E-state index in [0.717, 1.165) is 22.3 Å². The van der Waals surface area contributed by atoms with Crippen molar-refractivity contribution in [3.05, 3.63) is 65.5 Å². The summed E-state index contributed by atoms with van der Waals surface area (Å²) in [4.78, 5) is 4.38. The Kier molecular flexibility index (Phi) is 3.54. The van der Waals surface area contributed by atoms with Gasteiger partial charge in [0.1, 0.15) is 11.3 Å². The maximum atomic E-state index is 5.89. The second-order valence-electron chi connectivity index (χ2n) is 5.67. The summed E-state index contributed by atoms with van der Waals surface area (Å²) in [5.74, 6) is 2.23. The number of rotatable bonds is 4. The Hall–Kier alpha value is -3.08. The van der Waals surface area contributed by atoms with Crippen LogP contribution >= 0.6 is 0 Å². The van der Waals surface area contributed by atoms with E-state index < -0.39 is 0 Å². The molecule has 0 aliphatic carbocycles. The predicted octanol–water partition coefficient (Wildman–Crippen LogP) is 4.68. The van der Waals surface area contributed by atoms with Crippen LogP contribution in [0.1, 0.15) is 17.0 Å². The molecule has 0 radical (unpaired) electrons. The summed E-state index contributed by atoms with van der Waals surface area (Å²) in [6.45, 7) is 4.27. The molecule has 0 N–H and O–H groups in total. The van der Waals surface area contributed by atoms with Crippen LogP contribution in [0.25, 0.3) is 22.6 Å². The lowest BCUT2D eigenvalue weighted by Gasteiger charge is -2.00. The lowest BCUT2D eigenvalue weighted by molar-refractivity contribution is 0.243. The largest absolute Gasteiger partial charge is 0.484 e. The van der Waals surface area contributed by atoms with Gasteiger partial charge in [0.2, 0.25) is 5.82 Å². The maximum Gasteiger partial charge on any atom is 0.264 e. The molecule has 4 rings (SSSR count). The molecule has 120 valence electrons. The van der Waals surface area contributed by atoms with Gasteiger partial charge in [0.05, 0.1) is 0 Å². The van der Waals surface area contributed by atoms with Crippen molar-refractivity contribution in [3.8, 4) is 17.3 Å². The minimum atomic E-state index is 0.218. The first-order valence-corrected chi connectivity index (χ1v) is 7.71. The van der Waals surface area contributed by atoms with E-state index in [4.69, 9.17) is 13.7 Å². The molecule has 0 amide bonds. The van der Waals surface area contributed by atoms with Crippen molar-refractivity contribution in [1.82, 2.24) is 10.1 Å². The van der Waals surface area contributed by atoms with Crippen molar-refractivity contribution < 1.29 is 13.7 Å². The van der Waals surface area contributed by atoms with Crippen molar-refractivity contribution in [2.45, 2.75) is 20.5 Å². The van der Waals surface area contributed by atoms with Gasteiger partial charge in [0.15, 0.2) is 12.4 Å². The highest BCUT2D eigenvalue weighted by Gasteiger charge is 2.18. The Balaban J connectivity index is 1.59. The molecule has 0 bridgehead atoms. The van der Waals surface area contributed by atoms with Gasteiger partial charge in [0.25, 0.3) is 5.89 Å². The van der Waals surface area contributed by atoms with Crippen LogP contribution < -0.4 is 4.74 Å². The van der Waals surface area contributed by atoms with Crippen LogP contribution in [-0.2, 0) is 6.61 Å². The first kappa shape index (κ1) is 14.5. The highest BCUT2D eigenvalue weighted by molar-refractivity contribution is 5.86. The molecule has 0 saturated heterocycles. The van der Waals surface area contributed by atoms with Crippen LogP contribution in [0.15, 0.2) is 57.5 Å². The summed E-state index contributed by atoms with van der Waals surface area (Å²) in [5, 5.41) is 5.08. The topological polar surface area (TPSA) is 61.3 Å². The minimum absolute atomic E-state index is 0.218. The van der Waals surface area contributed by atoms with E-state index in [0.29, 0.717) is 17.5 Å². The molecule has 24 heavy (non-hydrogen) atoms. The van der Waals surface area contributed by atoms with E-state index in [2.05, 4.69) is 23.1 Å². The molecule has 2 aromatic heterocycles. The van der Waals surface area contributed by atoms with Gasteiger partial charge in [-0.25, -0.2) is 0 Å². The van der Waals surface area contributed by atoms with E-state index in [1.165, 1.54) is 5.56 Å². The monoisotopic (exact) mass is 320 g/mol. The summed E-state index contributed by atoms with van der Waals surface area (Å²) in [6, 6.07) is 15.6. The van der Waals surface area contributed by atoms with E-state index in [9.17, 15) is 0 Å². The average Bonchev–Trinajstić information content (AvgIpc) is 3.19. The Morgan fingerprint density at radius 3 is 2.71 bits per heavy atom. The van der Waals surface area contributed by atoms with Gasteiger partial charge in [-0.15, -0.1) is 0 Å². The predicted molar refractivity (Wildman–Crippen MR) is 89.8 cm³/mol. The molecule has 0 spiro atoms. The van der Waals surface area contributed by atoms with E-state index in [1.807, 2.05) is 49.4 Å². The average molecular weight is 320 g/mol. The number of para-hydroxylation sites is 1. The number of aryl methyl sites for hydroxylation is 2. The van der Waals surface area contributed by atoms with Crippen LogP contribution in [0.3, 0.4) is 0 Å². The molecular formula is C19H16N2O3. The van der Waals surface area contributed by atoms with Gasteiger partial charge in [-0.1, -0.05) is 35.0 Å². The third-order valence-corrected chi connectivity index (χ3v) is 3.87. The molecule has 0 saturated carbocycles. The Bertz CT molecular complexity index is 986. The molecule has 0 unspecified atom stereocenters. The van der Waals surface area contributed by atoms with Gasteiger partial charge >= 0.3 is 0 Å². The van der Waals surface area contributed by atoms with Gasteiger partial charge in [-0.2, -0.15) is 4.98 Å². The SMILES string of the molecule is Cc1ccc2oc(-c3noc(COc4ccccc4)n3)c(C)c2c1. The third-order valence-electron chi connectivity index (χ3n) is 3.87. The van der Waals surface area contributed by atoms with Crippen LogP contribution in [-0.4, -0.2) is 10.1 Å². The number of furan rings is 1. The zero-order valence-corrected chi connectivity index (χ0v) is 13.4. The Labute approximate surface area is 138 Å². The van der Waals surface area contributed by atoms with Crippen molar-refractivity contribution >= 4 is 11.0 Å². The number of fused-ring (bicyclic) bond motifs is 1. The number of ether oxygens (including phenoxy) is 1. The van der Waals surface area contributed by atoms with E-state index in [1.54, 1.807) is 0 Å². The van der Waals surface area contributed by atoms with Gasteiger partial charge in [-0.3, -0.25) is 0 Å². The second kappa shape index (κ2) is 5.85. The summed E-state index contributed by atoms with van der Waals surface area (Å²) < 4.78 is 16.8. The number of aromatic nitrogens is 2. The van der Waals surface area contributed by atoms with Crippen LogP contribution in [0.5, 0.6) is 5.75 Å². The van der Waals surface area contributed by atoms with Crippen molar-refractivity contribution in [2.24, 2.45) is 0 Å². The van der Waals surface area contributed by atoms with Gasteiger partial charge < -0.3 is 13.7 Å². The van der Waals surface area contributed by atoms with Crippen molar-refractivity contribution in [3.63, 3.8) is 0 Å². The molecule has 2 aromatic carbocycles. The van der Waals surface area contributed by atoms with E-state index >= 15 is 0 Å². The van der Waals surface area contributed by atoms with Crippen molar-refractivity contribution in [1.29, 1.82) is 0 Å². The minimum Gasteiger partial charge on any atom is -0.484 e. The second-order valence-corrected chi connectivity index (χ2v) is 5.67. The molecule has 5 nitrogen and oxygen atoms in total. The Morgan fingerprint density at radius 2 is 1.88 bits per heavy atom. The lowest BCUT2D eigenvalue weighted by Crippen LogP contribution is -1.95. The molecule has 0 atom stereocenters. The zero-order chi connectivity index (χ0) is 16.5. The summed E-state index contributed by atoms with van der Waals surface area (Å²) in [6.07, 6.45) is 0. The van der Waals surface area contributed by atoms with Gasteiger partial charge in [0, 0.05) is 10.9 Å². The highest BCUT2D eigenvalue weighted by atomic mass is 16.5. The smallest absolute Gasteiger partial charge is 0.264 e. The van der Waals surface area contributed by atoms with E-state index in [-0.39, 0.29) is 6.61 Å². The van der Waals surface area contributed by atoms with Gasteiger partial charge in [-0.05, 0) is 38.1 Å². The third kappa shape index (κ3) is 2.65. The summed E-state index contributed by atoms with van der Waals surface area (Å²) >= 11 is 0. The fraction of sp³-hybridized carbons (Fsp3) is 0.158. The molecule has 5 heteroatoms. The number of hydrogen-bond donors (Lipinski definition) is 0. The molecular weight excluding hydrogens is 304 g/mol. The molecule has 0 aliphatic rings. The number of benzene rings is 2. The maximum absolute atomic E-state index is 5.89. The lowest BCUT2D eigenvalue weighted by atomic mass is 10.1. The molecule has 0 fully saturated rings. The quantitative estimate of drug-likeness (QED) is 0.546. The molecule has 4 aromatic rings. The van der Waals surface area contributed by atoms with Crippen molar-refractivity contribution in [2.75, 3.05) is 0 Å².